The molecule has 4 heteroatoms. The number of halogens is 2. The lowest BCUT2D eigenvalue weighted by atomic mass is 10.1. The van der Waals surface area contributed by atoms with E-state index in [9.17, 15) is 9.18 Å². The Morgan fingerprint density at radius 1 is 1.41 bits per heavy atom. The van der Waals surface area contributed by atoms with Crippen LogP contribution in [0.3, 0.4) is 0 Å². The molecule has 0 unspecified atom stereocenters. The van der Waals surface area contributed by atoms with Crippen LogP contribution in [0.4, 0.5) is 4.39 Å². The number of benzene rings is 1. The number of fused-ring (bicyclic) bond motifs is 1. The van der Waals surface area contributed by atoms with Gasteiger partial charge in [-0.25, -0.2) is 4.39 Å². The van der Waals surface area contributed by atoms with Gasteiger partial charge >= 0.3 is 0 Å². The number of nitrogens with one attached hydrogen (secondary N) is 1. The quantitative estimate of drug-likeness (QED) is 0.902. The SMILES string of the molecule is CC(C)Cc1cc(=O)c2c(F)ccc(Br)c2[nH]1. The predicted molar refractivity (Wildman–Crippen MR) is 70.8 cm³/mol. The molecule has 0 aliphatic heterocycles. The van der Waals surface area contributed by atoms with Crippen molar-refractivity contribution < 1.29 is 4.39 Å². The Morgan fingerprint density at radius 2 is 2.12 bits per heavy atom. The maximum Gasteiger partial charge on any atom is 0.192 e. The van der Waals surface area contributed by atoms with Gasteiger partial charge in [-0.3, -0.25) is 4.79 Å². The number of aromatic amines is 1. The van der Waals surface area contributed by atoms with Crippen LogP contribution in [0, 0.1) is 11.7 Å². The van der Waals surface area contributed by atoms with Gasteiger partial charge in [0.1, 0.15) is 5.82 Å². The van der Waals surface area contributed by atoms with Crippen LogP contribution in [-0.2, 0) is 6.42 Å². The highest BCUT2D eigenvalue weighted by atomic mass is 79.9. The second kappa shape index (κ2) is 4.61. The van der Waals surface area contributed by atoms with Crippen LogP contribution < -0.4 is 5.43 Å². The van der Waals surface area contributed by atoms with E-state index in [1.54, 1.807) is 6.07 Å². The molecule has 1 aromatic carbocycles. The summed E-state index contributed by atoms with van der Waals surface area (Å²) in [5, 5.41) is 0.117. The largest absolute Gasteiger partial charge is 0.357 e. The van der Waals surface area contributed by atoms with E-state index in [1.807, 2.05) is 0 Å². The second-order valence-electron chi connectivity index (χ2n) is 4.54. The monoisotopic (exact) mass is 297 g/mol. The molecule has 90 valence electrons. The van der Waals surface area contributed by atoms with Crippen molar-refractivity contribution in [2.45, 2.75) is 20.3 Å². The molecule has 0 radical (unpaired) electrons. The minimum Gasteiger partial charge on any atom is -0.357 e. The molecule has 0 amide bonds. The molecule has 0 fully saturated rings. The first-order chi connectivity index (χ1) is 7.99. The van der Waals surface area contributed by atoms with E-state index in [4.69, 9.17) is 0 Å². The molecule has 0 spiro atoms. The van der Waals surface area contributed by atoms with Gasteiger partial charge in [0, 0.05) is 16.2 Å². The molecular formula is C13H13BrFNO. The van der Waals surface area contributed by atoms with Gasteiger partial charge in [0.05, 0.1) is 10.9 Å². The highest BCUT2D eigenvalue weighted by Crippen LogP contribution is 2.22. The number of hydrogen-bond donors (Lipinski definition) is 1. The van der Waals surface area contributed by atoms with Crippen molar-refractivity contribution in [1.82, 2.24) is 4.98 Å². The fraction of sp³-hybridized carbons (Fsp3) is 0.308. The summed E-state index contributed by atoms with van der Waals surface area (Å²) in [6, 6.07) is 4.38. The third kappa shape index (κ3) is 2.41. The Balaban J connectivity index is 2.73. The fourth-order valence-electron chi connectivity index (χ4n) is 1.89. The zero-order chi connectivity index (χ0) is 12.6. The lowest BCUT2D eigenvalue weighted by Gasteiger charge is -2.08. The lowest BCUT2D eigenvalue weighted by molar-refractivity contribution is 0.632. The maximum absolute atomic E-state index is 13.6. The van der Waals surface area contributed by atoms with Gasteiger partial charge in [-0.2, -0.15) is 0 Å². The molecule has 0 aliphatic carbocycles. The van der Waals surface area contributed by atoms with Crippen molar-refractivity contribution in [1.29, 1.82) is 0 Å². The smallest absolute Gasteiger partial charge is 0.192 e. The van der Waals surface area contributed by atoms with Crippen molar-refractivity contribution >= 4 is 26.8 Å². The minimum atomic E-state index is -0.486. The Labute approximate surface area is 107 Å². The average molecular weight is 298 g/mol. The Hall–Kier alpha value is -1.16. The normalized spacial score (nSPS) is 11.4. The van der Waals surface area contributed by atoms with E-state index in [2.05, 4.69) is 34.8 Å². The Kier molecular flexibility index (Phi) is 3.33. The van der Waals surface area contributed by atoms with E-state index in [1.165, 1.54) is 12.1 Å². The number of H-pyrrole nitrogens is 1. The highest BCUT2D eigenvalue weighted by molar-refractivity contribution is 9.10. The van der Waals surface area contributed by atoms with Crippen LogP contribution in [-0.4, -0.2) is 4.98 Å². The molecule has 0 saturated carbocycles. The number of pyridine rings is 1. The van der Waals surface area contributed by atoms with Gasteiger partial charge < -0.3 is 4.98 Å². The van der Waals surface area contributed by atoms with Crippen LogP contribution in [0.15, 0.2) is 27.5 Å². The first-order valence-corrected chi connectivity index (χ1v) is 6.28. The van der Waals surface area contributed by atoms with Crippen LogP contribution in [0.2, 0.25) is 0 Å². The van der Waals surface area contributed by atoms with Crippen molar-refractivity contribution in [3.8, 4) is 0 Å². The summed E-state index contributed by atoms with van der Waals surface area (Å²) >= 11 is 3.33. The van der Waals surface area contributed by atoms with Gasteiger partial charge in [-0.05, 0) is 40.4 Å². The maximum atomic E-state index is 13.6. The van der Waals surface area contributed by atoms with Crippen LogP contribution in [0.1, 0.15) is 19.5 Å². The van der Waals surface area contributed by atoms with Gasteiger partial charge in [-0.15, -0.1) is 0 Å². The zero-order valence-corrected chi connectivity index (χ0v) is 11.3. The first kappa shape index (κ1) is 12.3. The second-order valence-corrected chi connectivity index (χ2v) is 5.39. The highest BCUT2D eigenvalue weighted by Gasteiger charge is 2.10. The molecule has 2 nitrogen and oxygen atoms in total. The van der Waals surface area contributed by atoms with Gasteiger partial charge in [0.25, 0.3) is 0 Å². The van der Waals surface area contributed by atoms with Gasteiger partial charge in [-0.1, -0.05) is 13.8 Å². The molecule has 0 bridgehead atoms. The van der Waals surface area contributed by atoms with Crippen molar-refractivity contribution in [2.75, 3.05) is 0 Å². The van der Waals surface area contributed by atoms with Crippen molar-refractivity contribution in [3.05, 3.63) is 44.4 Å². The molecule has 2 aromatic rings. The van der Waals surface area contributed by atoms with Crippen molar-refractivity contribution in [3.63, 3.8) is 0 Å². The average Bonchev–Trinajstić information content (AvgIpc) is 2.22. The molecule has 1 N–H and O–H groups in total. The summed E-state index contributed by atoms with van der Waals surface area (Å²) in [6.45, 7) is 4.15. The van der Waals surface area contributed by atoms with Crippen LogP contribution in [0.5, 0.6) is 0 Å². The molecular weight excluding hydrogens is 285 g/mol. The van der Waals surface area contributed by atoms with Crippen molar-refractivity contribution in [2.24, 2.45) is 5.92 Å². The van der Waals surface area contributed by atoms with Gasteiger partial charge in [0.2, 0.25) is 0 Å². The standard InChI is InChI=1S/C13H13BrFNO/c1-7(2)5-8-6-11(17)12-10(15)4-3-9(14)13(12)16-8/h3-4,6-7H,5H2,1-2H3,(H,16,17). The van der Waals surface area contributed by atoms with Crippen LogP contribution in [0.25, 0.3) is 10.9 Å². The summed E-state index contributed by atoms with van der Waals surface area (Å²) in [5.41, 5.74) is 1.10. The summed E-state index contributed by atoms with van der Waals surface area (Å²) in [6.07, 6.45) is 0.772. The Bertz CT molecular complexity index is 619. The minimum absolute atomic E-state index is 0.117. The summed E-state index contributed by atoms with van der Waals surface area (Å²) in [5.74, 6) is -0.0454. The molecule has 0 atom stereocenters. The predicted octanol–water partition coefficient (Wildman–Crippen LogP) is 3.63. The van der Waals surface area contributed by atoms with Crippen LogP contribution >= 0.6 is 15.9 Å². The summed E-state index contributed by atoms with van der Waals surface area (Å²) < 4.78 is 14.3. The molecule has 0 saturated heterocycles. The summed E-state index contributed by atoms with van der Waals surface area (Å²) in [4.78, 5) is 15.0. The third-order valence-electron chi connectivity index (χ3n) is 2.57. The molecule has 17 heavy (non-hydrogen) atoms. The Morgan fingerprint density at radius 3 is 2.76 bits per heavy atom. The third-order valence-corrected chi connectivity index (χ3v) is 3.23. The topological polar surface area (TPSA) is 32.9 Å². The van der Waals surface area contributed by atoms with E-state index >= 15 is 0 Å². The molecule has 0 aliphatic rings. The summed E-state index contributed by atoms with van der Waals surface area (Å²) in [7, 11) is 0. The molecule has 1 aromatic heterocycles. The zero-order valence-electron chi connectivity index (χ0n) is 9.68. The number of rotatable bonds is 2. The first-order valence-electron chi connectivity index (χ1n) is 5.49. The fourth-order valence-corrected chi connectivity index (χ4v) is 2.32. The molecule has 2 rings (SSSR count). The van der Waals surface area contributed by atoms with E-state index in [0.717, 1.165) is 12.1 Å². The van der Waals surface area contributed by atoms with E-state index in [0.29, 0.717) is 15.9 Å². The van der Waals surface area contributed by atoms with E-state index < -0.39 is 5.82 Å². The van der Waals surface area contributed by atoms with E-state index in [-0.39, 0.29) is 10.8 Å². The molecule has 1 heterocycles. The lowest BCUT2D eigenvalue weighted by Crippen LogP contribution is -2.09. The number of aromatic nitrogens is 1. The number of hydrogen-bond acceptors (Lipinski definition) is 1. The van der Waals surface area contributed by atoms with Gasteiger partial charge in [0.15, 0.2) is 5.43 Å².